The van der Waals surface area contributed by atoms with Gasteiger partial charge in [0.15, 0.2) is 0 Å². The molecule has 3 rings (SSSR count). The summed E-state index contributed by atoms with van der Waals surface area (Å²) in [5.74, 6) is -0.554. The molecule has 5 nitrogen and oxygen atoms in total. The Morgan fingerprint density at radius 1 is 1.20 bits per heavy atom. The molecule has 132 valence electrons. The maximum Gasteiger partial charge on any atom is 0.306 e. The van der Waals surface area contributed by atoms with E-state index in [4.69, 9.17) is 4.18 Å². The third kappa shape index (κ3) is 4.57. The summed E-state index contributed by atoms with van der Waals surface area (Å²) < 4.78 is 41.3. The molecule has 25 heavy (non-hydrogen) atoms. The summed E-state index contributed by atoms with van der Waals surface area (Å²) in [4.78, 5) is 14.4. The number of amides is 1. The number of carbonyl (C=O) groups is 1. The van der Waals surface area contributed by atoms with Crippen LogP contribution in [-0.2, 0) is 16.7 Å². The largest absolute Gasteiger partial charge is 0.382 e. The lowest BCUT2D eigenvalue weighted by Gasteiger charge is -2.23. The van der Waals surface area contributed by atoms with E-state index in [1.165, 1.54) is 18.2 Å². The van der Waals surface area contributed by atoms with Crippen LogP contribution in [0.4, 0.5) is 4.39 Å². The minimum absolute atomic E-state index is 0.0713. The average molecular weight is 363 g/mol. The van der Waals surface area contributed by atoms with Crippen LogP contribution < -0.4 is 4.18 Å². The first-order valence-electron chi connectivity index (χ1n) is 7.87. The SMILES string of the molecule is CS(=O)(=O)Oc1ccccc1CN(C(=O)c1cccc(F)c1)C1CC1. The summed E-state index contributed by atoms with van der Waals surface area (Å²) >= 11 is 0. The van der Waals surface area contributed by atoms with E-state index < -0.39 is 15.9 Å². The van der Waals surface area contributed by atoms with E-state index in [-0.39, 0.29) is 29.8 Å². The Labute approximate surface area is 146 Å². The molecular formula is C18H18FNO4S. The number of hydrogen-bond donors (Lipinski definition) is 0. The van der Waals surface area contributed by atoms with Gasteiger partial charge in [0, 0.05) is 23.7 Å². The zero-order valence-electron chi connectivity index (χ0n) is 13.7. The molecule has 0 spiro atoms. The second kappa shape index (κ2) is 6.84. The Kier molecular flexibility index (Phi) is 4.76. The van der Waals surface area contributed by atoms with E-state index in [1.807, 2.05) is 0 Å². The van der Waals surface area contributed by atoms with Crippen molar-refractivity contribution in [3.8, 4) is 5.75 Å². The van der Waals surface area contributed by atoms with Crippen LogP contribution in [-0.4, -0.2) is 31.5 Å². The Hall–Kier alpha value is -2.41. The zero-order chi connectivity index (χ0) is 18.0. The molecule has 1 aliphatic rings. The topological polar surface area (TPSA) is 63.7 Å². The van der Waals surface area contributed by atoms with Crippen LogP contribution in [0.25, 0.3) is 0 Å². The van der Waals surface area contributed by atoms with E-state index >= 15 is 0 Å². The number of carbonyl (C=O) groups excluding carboxylic acids is 1. The van der Waals surface area contributed by atoms with Gasteiger partial charge >= 0.3 is 10.1 Å². The normalized spacial score (nSPS) is 14.2. The first-order valence-corrected chi connectivity index (χ1v) is 9.69. The van der Waals surface area contributed by atoms with Crippen molar-refractivity contribution < 1.29 is 21.8 Å². The molecule has 0 bridgehead atoms. The van der Waals surface area contributed by atoms with Crippen molar-refractivity contribution in [3.63, 3.8) is 0 Å². The van der Waals surface area contributed by atoms with Crippen LogP contribution in [0.2, 0.25) is 0 Å². The summed E-state index contributed by atoms with van der Waals surface area (Å²) in [7, 11) is -3.67. The van der Waals surface area contributed by atoms with Crippen LogP contribution >= 0.6 is 0 Å². The molecule has 7 heteroatoms. The average Bonchev–Trinajstić information content (AvgIpc) is 3.37. The minimum Gasteiger partial charge on any atom is -0.382 e. The number of hydrogen-bond acceptors (Lipinski definition) is 4. The molecule has 1 amide bonds. The highest BCUT2D eigenvalue weighted by Gasteiger charge is 2.33. The molecule has 2 aromatic rings. The highest BCUT2D eigenvalue weighted by Crippen LogP contribution is 2.32. The molecular weight excluding hydrogens is 345 g/mol. The predicted octanol–water partition coefficient (Wildman–Crippen LogP) is 2.97. The third-order valence-electron chi connectivity index (χ3n) is 3.87. The Bertz CT molecular complexity index is 893. The molecule has 0 radical (unpaired) electrons. The summed E-state index contributed by atoms with van der Waals surface area (Å²) in [5.41, 5.74) is 0.859. The molecule has 0 unspecified atom stereocenters. The number of benzene rings is 2. The van der Waals surface area contributed by atoms with Crippen LogP contribution in [0.5, 0.6) is 5.75 Å². The number of nitrogens with zero attached hydrogens (tertiary/aromatic N) is 1. The monoisotopic (exact) mass is 363 g/mol. The van der Waals surface area contributed by atoms with Crippen molar-refractivity contribution in [2.45, 2.75) is 25.4 Å². The van der Waals surface area contributed by atoms with Gasteiger partial charge in [-0.05, 0) is 37.1 Å². The van der Waals surface area contributed by atoms with E-state index in [2.05, 4.69) is 0 Å². The summed E-state index contributed by atoms with van der Waals surface area (Å²) in [6, 6.07) is 12.3. The number of halogens is 1. The maximum absolute atomic E-state index is 13.4. The van der Waals surface area contributed by atoms with Crippen molar-refractivity contribution in [2.24, 2.45) is 0 Å². The number of para-hydroxylation sites is 1. The maximum atomic E-state index is 13.4. The number of rotatable bonds is 6. The molecule has 1 aliphatic carbocycles. The lowest BCUT2D eigenvalue weighted by Crippen LogP contribution is -2.32. The van der Waals surface area contributed by atoms with Gasteiger partial charge in [0.2, 0.25) is 0 Å². The van der Waals surface area contributed by atoms with Crippen molar-refractivity contribution in [2.75, 3.05) is 6.26 Å². The molecule has 0 saturated heterocycles. The van der Waals surface area contributed by atoms with Gasteiger partial charge in [-0.3, -0.25) is 4.79 Å². The van der Waals surface area contributed by atoms with Gasteiger partial charge in [-0.15, -0.1) is 0 Å². The first kappa shape index (κ1) is 17.4. The van der Waals surface area contributed by atoms with Crippen LogP contribution in [0, 0.1) is 5.82 Å². The highest BCUT2D eigenvalue weighted by molar-refractivity contribution is 7.86. The van der Waals surface area contributed by atoms with E-state index in [0.29, 0.717) is 5.56 Å². The molecule has 1 saturated carbocycles. The highest BCUT2D eigenvalue weighted by atomic mass is 32.2. The second-order valence-corrected chi connectivity index (χ2v) is 7.64. The molecule has 1 fully saturated rings. The fraction of sp³-hybridized carbons (Fsp3) is 0.278. The van der Waals surface area contributed by atoms with Gasteiger partial charge in [-0.25, -0.2) is 4.39 Å². The standard InChI is InChI=1S/C18H18FNO4S/c1-25(22,23)24-17-8-3-2-5-14(17)12-20(16-9-10-16)18(21)13-6-4-7-15(19)11-13/h2-8,11,16H,9-10,12H2,1H3. The summed E-state index contributed by atoms with van der Waals surface area (Å²) in [6.45, 7) is 0.200. The second-order valence-electron chi connectivity index (χ2n) is 6.07. The Morgan fingerprint density at radius 3 is 2.56 bits per heavy atom. The predicted molar refractivity (Wildman–Crippen MR) is 91.2 cm³/mol. The van der Waals surface area contributed by atoms with Crippen molar-refractivity contribution in [1.29, 1.82) is 0 Å². The van der Waals surface area contributed by atoms with Crippen molar-refractivity contribution >= 4 is 16.0 Å². The smallest absolute Gasteiger partial charge is 0.306 e. The van der Waals surface area contributed by atoms with Gasteiger partial charge in [-0.1, -0.05) is 24.3 Å². The third-order valence-corrected chi connectivity index (χ3v) is 4.36. The minimum atomic E-state index is -3.67. The Balaban J connectivity index is 1.87. The molecule has 0 N–H and O–H groups in total. The molecule has 2 aromatic carbocycles. The van der Waals surface area contributed by atoms with Crippen molar-refractivity contribution in [1.82, 2.24) is 4.90 Å². The molecule has 0 heterocycles. The van der Waals surface area contributed by atoms with Gasteiger partial charge in [0.25, 0.3) is 5.91 Å². The van der Waals surface area contributed by atoms with Gasteiger partial charge < -0.3 is 9.08 Å². The lowest BCUT2D eigenvalue weighted by atomic mass is 10.1. The van der Waals surface area contributed by atoms with Crippen molar-refractivity contribution in [3.05, 3.63) is 65.5 Å². The van der Waals surface area contributed by atoms with Crippen LogP contribution in [0.1, 0.15) is 28.8 Å². The molecule has 0 atom stereocenters. The van der Waals surface area contributed by atoms with Gasteiger partial charge in [0.05, 0.1) is 6.26 Å². The molecule has 0 aromatic heterocycles. The Morgan fingerprint density at radius 2 is 1.92 bits per heavy atom. The van der Waals surface area contributed by atoms with Crippen LogP contribution in [0.15, 0.2) is 48.5 Å². The lowest BCUT2D eigenvalue weighted by molar-refractivity contribution is 0.0729. The van der Waals surface area contributed by atoms with E-state index in [0.717, 1.165) is 19.1 Å². The van der Waals surface area contributed by atoms with Gasteiger partial charge in [0.1, 0.15) is 11.6 Å². The fourth-order valence-corrected chi connectivity index (χ4v) is 3.09. The zero-order valence-corrected chi connectivity index (χ0v) is 14.5. The summed E-state index contributed by atoms with van der Waals surface area (Å²) in [6.07, 6.45) is 2.71. The van der Waals surface area contributed by atoms with E-state index in [9.17, 15) is 17.6 Å². The molecule has 0 aliphatic heterocycles. The van der Waals surface area contributed by atoms with Gasteiger partial charge in [-0.2, -0.15) is 8.42 Å². The van der Waals surface area contributed by atoms with E-state index in [1.54, 1.807) is 35.2 Å². The quantitative estimate of drug-likeness (QED) is 0.740. The van der Waals surface area contributed by atoms with Crippen LogP contribution in [0.3, 0.4) is 0 Å². The fourth-order valence-electron chi connectivity index (χ4n) is 2.60. The summed E-state index contributed by atoms with van der Waals surface area (Å²) in [5, 5.41) is 0. The first-order chi connectivity index (χ1) is 11.8.